The Hall–Kier alpha value is -3.44. The van der Waals surface area contributed by atoms with Crippen molar-refractivity contribution < 1.29 is 23.8 Å². The molecule has 0 N–H and O–H groups in total. The zero-order valence-corrected chi connectivity index (χ0v) is 41.8. The largest absolute Gasteiger partial charge is 0.462 e. The molecule has 64 heavy (non-hydrogen) atoms. The zero-order chi connectivity index (χ0) is 46.3. The molecule has 0 saturated heterocycles. The summed E-state index contributed by atoms with van der Waals surface area (Å²) >= 11 is 0. The Morgan fingerprint density at radius 3 is 1.23 bits per heavy atom. The minimum atomic E-state index is -0.583. The van der Waals surface area contributed by atoms with Crippen molar-refractivity contribution in [3.8, 4) is 0 Å². The Kier molecular flexibility index (Phi) is 51.0. The van der Waals surface area contributed by atoms with E-state index in [0.717, 1.165) is 83.5 Å². The molecule has 0 aliphatic carbocycles. The molecule has 0 aromatic heterocycles. The van der Waals surface area contributed by atoms with Crippen LogP contribution in [0.15, 0.2) is 109 Å². The van der Waals surface area contributed by atoms with E-state index in [9.17, 15) is 9.59 Å². The first-order valence-electron chi connectivity index (χ1n) is 26.4. The van der Waals surface area contributed by atoms with Crippen molar-refractivity contribution in [3.63, 3.8) is 0 Å². The smallest absolute Gasteiger partial charge is 0.306 e. The van der Waals surface area contributed by atoms with Crippen LogP contribution in [0.2, 0.25) is 0 Å². The molecule has 0 aromatic rings. The molecular weight excluding hydrogens is 789 g/mol. The van der Waals surface area contributed by atoms with E-state index >= 15 is 0 Å². The van der Waals surface area contributed by atoms with Crippen LogP contribution in [0.25, 0.3) is 0 Å². The van der Waals surface area contributed by atoms with Crippen molar-refractivity contribution >= 4 is 11.9 Å². The van der Waals surface area contributed by atoms with Crippen LogP contribution in [0.1, 0.15) is 226 Å². The fourth-order valence-electron chi connectivity index (χ4n) is 6.85. The summed E-state index contributed by atoms with van der Waals surface area (Å²) in [6, 6.07) is 0. The van der Waals surface area contributed by atoms with Crippen LogP contribution in [0.3, 0.4) is 0 Å². The topological polar surface area (TPSA) is 61.8 Å². The summed E-state index contributed by atoms with van der Waals surface area (Å²) in [5.41, 5.74) is 0. The molecule has 0 rings (SSSR count). The first-order chi connectivity index (χ1) is 31.6. The predicted molar refractivity (Wildman–Crippen MR) is 279 cm³/mol. The SMILES string of the molecule is CC/C=C\C/C=C\C/C=C\C/C=C\C/C=C\C/C=C\CCC(=O)OCC(COCCCCCCCC/C=C\CCCCCC)OC(=O)CCCCCCC/C=C\C/C=C\CCCCC. The summed E-state index contributed by atoms with van der Waals surface area (Å²) in [7, 11) is 0. The maximum Gasteiger partial charge on any atom is 0.306 e. The van der Waals surface area contributed by atoms with Crippen LogP contribution < -0.4 is 0 Å². The molecule has 0 radical (unpaired) electrons. The molecule has 0 aliphatic rings. The molecule has 0 saturated carbocycles. The van der Waals surface area contributed by atoms with Crippen LogP contribution in [0.5, 0.6) is 0 Å². The van der Waals surface area contributed by atoms with Crippen molar-refractivity contribution in [2.45, 2.75) is 232 Å². The quantitative estimate of drug-likeness (QED) is 0.0346. The van der Waals surface area contributed by atoms with E-state index < -0.39 is 6.10 Å². The molecule has 1 atom stereocenters. The fourth-order valence-corrected chi connectivity index (χ4v) is 6.85. The molecular formula is C59H98O5. The van der Waals surface area contributed by atoms with Gasteiger partial charge in [0.1, 0.15) is 6.61 Å². The van der Waals surface area contributed by atoms with E-state index in [2.05, 4.69) is 124 Å². The second-order valence-electron chi connectivity index (χ2n) is 17.0. The second-order valence-corrected chi connectivity index (χ2v) is 17.0. The Bertz CT molecular complexity index is 1280. The van der Waals surface area contributed by atoms with Gasteiger partial charge in [-0.3, -0.25) is 9.59 Å². The van der Waals surface area contributed by atoms with Crippen LogP contribution in [0.4, 0.5) is 0 Å². The molecule has 0 heterocycles. The van der Waals surface area contributed by atoms with Gasteiger partial charge in [0.05, 0.1) is 6.61 Å². The molecule has 1 unspecified atom stereocenters. The van der Waals surface area contributed by atoms with Gasteiger partial charge in [-0.15, -0.1) is 0 Å². The molecule has 5 nitrogen and oxygen atoms in total. The molecule has 0 amide bonds. The van der Waals surface area contributed by atoms with Crippen LogP contribution in [-0.4, -0.2) is 37.9 Å². The first kappa shape index (κ1) is 60.6. The average molecular weight is 887 g/mol. The number of allylic oxidation sites excluding steroid dienone is 18. The highest BCUT2D eigenvalue weighted by Gasteiger charge is 2.17. The lowest BCUT2D eigenvalue weighted by molar-refractivity contribution is -0.162. The highest BCUT2D eigenvalue weighted by atomic mass is 16.6. The van der Waals surface area contributed by atoms with Crippen molar-refractivity contribution in [3.05, 3.63) is 109 Å². The molecule has 5 heteroatoms. The number of unbranched alkanes of at least 4 members (excludes halogenated alkanes) is 18. The number of hydrogen-bond acceptors (Lipinski definition) is 5. The van der Waals surface area contributed by atoms with E-state index in [-0.39, 0.29) is 25.2 Å². The molecule has 0 bridgehead atoms. The summed E-state index contributed by atoms with van der Waals surface area (Å²) in [6.45, 7) is 7.56. The van der Waals surface area contributed by atoms with E-state index in [1.807, 2.05) is 6.08 Å². The monoisotopic (exact) mass is 887 g/mol. The average Bonchev–Trinajstić information content (AvgIpc) is 3.30. The van der Waals surface area contributed by atoms with Crippen molar-refractivity contribution in [1.82, 2.24) is 0 Å². The number of rotatable bonds is 47. The highest BCUT2D eigenvalue weighted by Crippen LogP contribution is 2.12. The normalized spacial score (nSPS) is 13.1. The second kappa shape index (κ2) is 53.9. The Labute approximate surface area is 395 Å². The first-order valence-corrected chi connectivity index (χ1v) is 26.4. The minimum Gasteiger partial charge on any atom is -0.462 e. The molecule has 0 aromatic carbocycles. The van der Waals surface area contributed by atoms with Gasteiger partial charge < -0.3 is 14.2 Å². The highest BCUT2D eigenvalue weighted by molar-refractivity contribution is 5.70. The van der Waals surface area contributed by atoms with Gasteiger partial charge in [0, 0.05) is 19.4 Å². The van der Waals surface area contributed by atoms with Gasteiger partial charge in [-0.05, 0) is 116 Å². The van der Waals surface area contributed by atoms with Crippen molar-refractivity contribution in [2.75, 3.05) is 19.8 Å². The number of carbonyl (C=O) groups excluding carboxylic acids is 2. The maximum atomic E-state index is 12.8. The number of hydrogen-bond donors (Lipinski definition) is 0. The van der Waals surface area contributed by atoms with E-state index in [0.29, 0.717) is 25.9 Å². The van der Waals surface area contributed by atoms with E-state index in [1.54, 1.807) is 0 Å². The Morgan fingerprint density at radius 2 is 0.734 bits per heavy atom. The molecule has 0 fully saturated rings. The maximum absolute atomic E-state index is 12.8. The number of carbonyl (C=O) groups is 2. The van der Waals surface area contributed by atoms with Gasteiger partial charge in [0.15, 0.2) is 6.10 Å². The Morgan fingerprint density at radius 1 is 0.359 bits per heavy atom. The summed E-state index contributed by atoms with van der Waals surface area (Å²) < 4.78 is 17.3. The number of ether oxygens (including phenoxy) is 3. The zero-order valence-electron chi connectivity index (χ0n) is 41.8. The lowest BCUT2D eigenvalue weighted by Crippen LogP contribution is -2.30. The lowest BCUT2D eigenvalue weighted by Gasteiger charge is -2.18. The third-order valence-corrected chi connectivity index (χ3v) is 10.8. The summed E-state index contributed by atoms with van der Waals surface area (Å²) in [5.74, 6) is -0.517. The summed E-state index contributed by atoms with van der Waals surface area (Å²) in [4.78, 5) is 25.4. The number of esters is 2. The van der Waals surface area contributed by atoms with Crippen LogP contribution >= 0.6 is 0 Å². The van der Waals surface area contributed by atoms with Gasteiger partial charge in [-0.25, -0.2) is 0 Å². The van der Waals surface area contributed by atoms with E-state index in [4.69, 9.17) is 14.2 Å². The van der Waals surface area contributed by atoms with Gasteiger partial charge >= 0.3 is 11.9 Å². The summed E-state index contributed by atoms with van der Waals surface area (Å²) in [5, 5.41) is 0. The standard InChI is InChI=1S/C59H98O5/c1-4-7-10-13-16-19-22-25-28-29-30-31-33-34-37-40-43-46-49-52-58(60)63-56-57(55-62-54-51-48-45-42-39-36-27-24-21-18-15-12-9-6-3)64-59(61)53-50-47-44-41-38-35-32-26-23-20-17-14-11-8-5-2/h7,10,16-17,19-21,24-26,28,30-32,34,37,43,46,57H,4-6,8-9,11-15,18,22-23,27,29,33,35-36,38-42,44-45,47-56H2,1-3H3/b10-7-,19-16-,20-17-,24-21-,28-25-,31-30-,32-26-,37-34-,46-43-. The molecule has 0 spiro atoms. The van der Waals surface area contributed by atoms with Gasteiger partial charge in [0.25, 0.3) is 0 Å². The third kappa shape index (κ3) is 51.2. The predicted octanol–water partition coefficient (Wildman–Crippen LogP) is 18.0. The van der Waals surface area contributed by atoms with Crippen LogP contribution in [0, 0.1) is 0 Å². The minimum absolute atomic E-state index is 0.0314. The Balaban J connectivity index is 4.44. The lowest BCUT2D eigenvalue weighted by atomic mass is 10.1. The van der Waals surface area contributed by atoms with Gasteiger partial charge in [-0.2, -0.15) is 0 Å². The van der Waals surface area contributed by atoms with Gasteiger partial charge in [-0.1, -0.05) is 207 Å². The third-order valence-electron chi connectivity index (χ3n) is 10.8. The van der Waals surface area contributed by atoms with Crippen LogP contribution in [-0.2, 0) is 23.8 Å². The van der Waals surface area contributed by atoms with Crippen molar-refractivity contribution in [2.24, 2.45) is 0 Å². The fraction of sp³-hybridized carbons (Fsp3) is 0.661. The summed E-state index contributed by atoms with van der Waals surface area (Å²) in [6.07, 6.45) is 73.9. The van der Waals surface area contributed by atoms with Gasteiger partial charge in [0.2, 0.25) is 0 Å². The molecule has 0 aliphatic heterocycles. The van der Waals surface area contributed by atoms with E-state index in [1.165, 1.54) is 103 Å². The molecule has 364 valence electrons. The van der Waals surface area contributed by atoms with Crippen molar-refractivity contribution in [1.29, 1.82) is 0 Å².